The van der Waals surface area contributed by atoms with E-state index in [2.05, 4.69) is 34.9 Å². The highest BCUT2D eigenvalue weighted by molar-refractivity contribution is 6.04. The van der Waals surface area contributed by atoms with E-state index in [1.165, 1.54) is 30.9 Å². The number of benzene rings is 3. The lowest BCUT2D eigenvalue weighted by Gasteiger charge is -2.43. The third-order valence-electron chi connectivity index (χ3n) is 7.71. The third-order valence-corrected chi connectivity index (χ3v) is 7.71. The Balaban J connectivity index is 1.36. The number of carbonyl (C=O) groups excluding carboxylic acids is 1. The number of halogens is 2. The molecule has 0 saturated heterocycles. The number of hydrogen-bond donors (Lipinski definition) is 2. The number of anilines is 2. The highest BCUT2D eigenvalue weighted by Crippen LogP contribution is 2.63. The number of carbonyl (C=O) groups is 1. The first-order valence-corrected chi connectivity index (χ1v) is 11.3. The number of fused-ring (bicyclic) bond motifs is 7. The molecule has 6 rings (SSSR count). The number of rotatable bonds is 3. The maximum atomic E-state index is 14.0. The van der Waals surface area contributed by atoms with Crippen molar-refractivity contribution in [2.45, 2.75) is 31.2 Å². The topological polar surface area (TPSA) is 41.1 Å². The van der Waals surface area contributed by atoms with Gasteiger partial charge in [0.2, 0.25) is 0 Å². The van der Waals surface area contributed by atoms with Crippen LogP contribution in [0.4, 0.5) is 20.2 Å². The molecule has 162 valence electrons. The normalized spacial score (nSPS) is 27.4. The fourth-order valence-electron chi connectivity index (χ4n) is 6.42. The van der Waals surface area contributed by atoms with Gasteiger partial charge in [0, 0.05) is 11.3 Å². The van der Waals surface area contributed by atoms with Crippen molar-refractivity contribution in [3.63, 3.8) is 0 Å². The van der Waals surface area contributed by atoms with E-state index in [9.17, 15) is 13.6 Å². The van der Waals surface area contributed by atoms with Crippen LogP contribution < -0.4 is 10.6 Å². The van der Waals surface area contributed by atoms with E-state index in [4.69, 9.17) is 0 Å². The molecule has 1 aliphatic heterocycles. The third kappa shape index (κ3) is 3.02. The predicted molar refractivity (Wildman–Crippen MR) is 121 cm³/mol. The standard InChI is InChI=1S/C27H24F2N2O/c28-20-7-4-8-21(29)26(20)31-27(32)18-11-12-22-19(14-18)23-16-9-10-17(13-16)24(23)25(30-22)15-5-2-1-3-6-15/h1-8,11-12,14,16-17,23-25,30H,9-10,13H2,(H,31,32)/t16-,17-,23-,24+,25+/m0/s1. The highest BCUT2D eigenvalue weighted by atomic mass is 19.1. The van der Waals surface area contributed by atoms with E-state index in [0.29, 0.717) is 29.2 Å². The summed E-state index contributed by atoms with van der Waals surface area (Å²) in [5.74, 6) is 0.134. The summed E-state index contributed by atoms with van der Waals surface area (Å²) in [6, 6.07) is 20.0. The molecule has 3 aliphatic rings. The van der Waals surface area contributed by atoms with Gasteiger partial charge in [-0.1, -0.05) is 36.4 Å². The van der Waals surface area contributed by atoms with Crippen LogP contribution in [0.3, 0.4) is 0 Å². The Hall–Kier alpha value is -3.21. The lowest BCUT2D eigenvalue weighted by Crippen LogP contribution is -2.35. The molecule has 3 aromatic rings. The second-order valence-corrected chi connectivity index (χ2v) is 9.32. The van der Waals surface area contributed by atoms with Gasteiger partial charge in [0.05, 0.1) is 6.04 Å². The second-order valence-electron chi connectivity index (χ2n) is 9.32. The van der Waals surface area contributed by atoms with Crippen LogP contribution in [0.1, 0.15) is 52.7 Å². The monoisotopic (exact) mass is 430 g/mol. The summed E-state index contributed by atoms with van der Waals surface area (Å²) < 4.78 is 28.0. The molecule has 5 atom stereocenters. The molecule has 0 spiro atoms. The second kappa shape index (κ2) is 7.44. The smallest absolute Gasteiger partial charge is 0.255 e. The zero-order chi connectivity index (χ0) is 21.8. The summed E-state index contributed by atoms with van der Waals surface area (Å²) in [6.45, 7) is 0. The maximum Gasteiger partial charge on any atom is 0.255 e. The minimum atomic E-state index is -0.781. The molecule has 2 saturated carbocycles. The molecule has 2 bridgehead atoms. The van der Waals surface area contributed by atoms with Gasteiger partial charge >= 0.3 is 0 Å². The summed E-state index contributed by atoms with van der Waals surface area (Å²) in [5, 5.41) is 6.17. The predicted octanol–water partition coefficient (Wildman–Crippen LogP) is 6.51. The molecular weight excluding hydrogens is 406 g/mol. The van der Waals surface area contributed by atoms with E-state index in [0.717, 1.165) is 23.4 Å². The Morgan fingerprint density at radius 1 is 0.906 bits per heavy atom. The average molecular weight is 430 g/mol. The first kappa shape index (κ1) is 19.5. The van der Waals surface area contributed by atoms with E-state index in [1.54, 1.807) is 6.07 Å². The Labute approximate surface area is 185 Å². The van der Waals surface area contributed by atoms with E-state index >= 15 is 0 Å². The highest BCUT2D eigenvalue weighted by Gasteiger charge is 2.53. The summed E-state index contributed by atoms with van der Waals surface area (Å²) >= 11 is 0. The molecule has 2 aliphatic carbocycles. The molecule has 3 nitrogen and oxygen atoms in total. The molecule has 1 heterocycles. The number of nitrogens with one attached hydrogen (secondary N) is 2. The van der Waals surface area contributed by atoms with Gasteiger partial charge in [-0.25, -0.2) is 8.78 Å². The molecule has 0 radical (unpaired) electrons. The van der Waals surface area contributed by atoms with Crippen LogP contribution in [-0.2, 0) is 0 Å². The van der Waals surface area contributed by atoms with Crippen LogP contribution in [0, 0.1) is 29.4 Å². The molecule has 2 fully saturated rings. The molecule has 0 aromatic heterocycles. The van der Waals surface area contributed by atoms with E-state index < -0.39 is 23.2 Å². The van der Waals surface area contributed by atoms with Crippen molar-refractivity contribution in [3.05, 3.63) is 95.1 Å². The first-order chi connectivity index (χ1) is 15.6. The van der Waals surface area contributed by atoms with Gasteiger partial charge in [0.15, 0.2) is 0 Å². The van der Waals surface area contributed by atoms with Crippen molar-refractivity contribution in [3.8, 4) is 0 Å². The van der Waals surface area contributed by atoms with Gasteiger partial charge in [-0.05, 0) is 84.4 Å². The van der Waals surface area contributed by atoms with Crippen molar-refractivity contribution in [2.24, 2.45) is 17.8 Å². The Morgan fingerprint density at radius 3 is 2.44 bits per heavy atom. The largest absolute Gasteiger partial charge is 0.378 e. The summed E-state index contributed by atoms with van der Waals surface area (Å²) in [6.07, 6.45) is 3.72. The molecule has 1 amide bonds. The van der Waals surface area contributed by atoms with Crippen molar-refractivity contribution in [1.82, 2.24) is 0 Å². The van der Waals surface area contributed by atoms with E-state index in [1.807, 2.05) is 18.2 Å². The van der Waals surface area contributed by atoms with Gasteiger partial charge in [0.25, 0.3) is 5.91 Å². The van der Waals surface area contributed by atoms with Crippen molar-refractivity contribution < 1.29 is 13.6 Å². The maximum absolute atomic E-state index is 14.0. The lowest BCUT2D eigenvalue weighted by atomic mass is 9.68. The SMILES string of the molecule is O=C(Nc1c(F)cccc1F)c1ccc2c(c1)[C@@H]1[C@H]3CC[C@@H](C3)[C@H]1[C@@H](c1ccccc1)N2. The fraction of sp³-hybridized carbons (Fsp3) is 0.296. The van der Waals surface area contributed by atoms with Gasteiger partial charge in [-0.3, -0.25) is 4.79 Å². The molecular formula is C27H24F2N2O. The van der Waals surface area contributed by atoms with Gasteiger partial charge in [0.1, 0.15) is 17.3 Å². The van der Waals surface area contributed by atoms with Crippen LogP contribution in [0.15, 0.2) is 66.7 Å². The van der Waals surface area contributed by atoms with Gasteiger partial charge in [-0.15, -0.1) is 0 Å². The van der Waals surface area contributed by atoms with Crippen LogP contribution in [0.5, 0.6) is 0 Å². The molecule has 0 unspecified atom stereocenters. The zero-order valence-corrected chi connectivity index (χ0v) is 17.5. The molecule has 2 N–H and O–H groups in total. The fourth-order valence-corrected chi connectivity index (χ4v) is 6.42. The van der Waals surface area contributed by atoms with Crippen LogP contribution in [0.25, 0.3) is 0 Å². The summed E-state index contributed by atoms with van der Waals surface area (Å²) in [7, 11) is 0. The van der Waals surface area contributed by atoms with Crippen molar-refractivity contribution in [1.29, 1.82) is 0 Å². The number of hydrogen-bond acceptors (Lipinski definition) is 2. The minimum Gasteiger partial charge on any atom is -0.378 e. The average Bonchev–Trinajstić information content (AvgIpc) is 3.44. The molecule has 5 heteroatoms. The first-order valence-electron chi connectivity index (χ1n) is 11.3. The van der Waals surface area contributed by atoms with Gasteiger partial charge in [-0.2, -0.15) is 0 Å². The van der Waals surface area contributed by atoms with Crippen LogP contribution in [-0.4, -0.2) is 5.91 Å². The van der Waals surface area contributed by atoms with E-state index in [-0.39, 0.29) is 6.04 Å². The van der Waals surface area contributed by atoms with Crippen LogP contribution >= 0.6 is 0 Å². The summed E-state index contributed by atoms with van der Waals surface area (Å²) in [5.41, 5.74) is 3.54. The quantitative estimate of drug-likeness (QED) is 0.497. The lowest BCUT2D eigenvalue weighted by molar-refractivity contribution is 0.102. The van der Waals surface area contributed by atoms with Gasteiger partial charge < -0.3 is 10.6 Å². The van der Waals surface area contributed by atoms with Crippen molar-refractivity contribution >= 4 is 17.3 Å². The van der Waals surface area contributed by atoms with Crippen LogP contribution in [0.2, 0.25) is 0 Å². The summed E-state index contributed by atoms with van der Waals surface area (Å²) in [4.78, 5) is 12.9. The Kier molecular flexibility index (Phi) is 4.53. The Bertz CT molecular complexity index is 1180. The molecule has 32 heavy (non-hydrogen) atoms. The number of para-hydroxylation sites is 1. The minimum absolute atomic E-state index is 0.260. The zero-order valence-electron chi connectivity index (χ0n) is 17.5. The number of amides is 1. The molecule has 3 aromatic carbocycles. The van der Waals surface area contributed by atoms with Crippen molar-refractivity contribution in [2.75, 3.05) is 10.6 Å². The Morgan fingerprint density at radius 2 is 1.66 bits per heavy atom.